The predicted octanol–water partition coefficient (Wildman–Crippen LogP) is 1.11. The molecule has 84 valence electrons. The fourth-order valence-corrected chi connectivity index (χ4v) is 1.93. The molecule has 1 aromatic rings. The van der Waals surface area contributed by atoms with Crippen LogP contribution >= 0.6 is 24.0 Å². The molecule has 0 unspecified atom stereocenters. The molecule has 15 heavy (non-hydrogen) atoms. The van der Waals surface area contributed by atoms with Crippen LogP contribution in [-0.4, -0.2) is 19.5 Å². The van der Waals surface area contributed by atoms with Gasteiger partial charge in [0.1, 0.15) is 4.90 Å². The maximum absolute atomic E-state index is 10.9. The number of aromatic carboxylic acids is 1. The Morgan fingerprint density at radius 2 is 1.93 bits per heavy atom. The Labute approximate surface area is 97.3 Å². The summed E-state index contributed by atoms with van der Waals surface area (Å²) >= 11 is 5.53. The number of primary sulfonamides is 1. The molecule has 0 amide bonds. The van der Waals surface area contributed by atoms with Gasteiger partial charge in [-0.1, -0.05) is 11.6 Å². The molecule has 0 radical (unpaired) electrons. The standard InChI is InChI=1S/C7H6ClNO4S.ClH/c8-5-2-1-4(7(10)11)3-6(5)14(9,12)13;/h1-3H,(H,10,11)(H2,9,12,13);1H. The van der Waals surface area contributed by atoms with Gasteiger partial charge in [-0.15, -0.1) is 12.4 Å². The number of benzene rings is 1. The Kier molecular flexibility index (Phi) is 4.54. The van der Waals surface area contributed by atoms with Gasteiger partial charge in [0.15, 0.2) is 0 Å². The minimum Gasteiger partial charge on any atom is -0.478 e. The fraction of sp³-hybridized carbons (Fsp3) is 0. The zero-order chi connectivity index (χ0) is 10.9. The zero-order valence-electron chi connectivity index (χ0n) is 7.18. The number of carboxylic acids is 1. The highest BCUT2D eigenvalue weighted by molar-refractivity contribution is 7.89. The van der Waals surface area contributed by atoms with Crippen LogP contribution in [0.4, 0.5) is 0 Å². The van der Waals surface area contributed by atoms with Gasteiger partial charge in [-0.2, -0.15) is 0 Å². The number of carbonyl (C=O) groups is 1. The minimum atomic E-state index is -3.98. The second kappa shape index (κ2) is 4.80. The monoisotopic (exact) mass is 271 g/mol. The van der Waals surface area contributed by atoms with E-state index in [2.05, 4.69) is 0 Å². The second-order valence-electron chi connectivity index (χ2n) is 2.50. The van der Waals surface area contributed by atoms with Crippen LogP contribution in [0.15, 0.2) is 23.1 Å². The van der Waals surface area contributed by atoms with Crippen molar-refractivity contribution < 1.29 is 18.3 Å². The van der Waals surface area contributed by atoms with Crippen molar-refractivity contribution >= 4 is 40.0 Å². The van der Waals surface area contributed by atoms with Gasteiger partial charge in [0.25, 0.3) is 0 Å². The summed E-state index contributed by atoms with van der Waals surface area (Å²) in [5, 5.41) is 13.3. The van der Waals surface area contributed by atoms with Crippen molar-refractivity contribution in [2.75, 3.05) is 0 Å². The Bertz CT molecular complexity index is 486. The average Bonchev–Trinajstić information content (AvgIpc) is 2.02. The lowest BCUT2D eigenvalue weighted by Crippen LogP contribution is -2.13. The van der Waals surface area contributed by atoms with Crippen molar-refractivity contribution in [1.29, 1.82) is 0 Å². The molecule has 0 saturated carbocycles. The van der Waals surface area contributed by atoms with E-state index in [1.807, 2.05) is 0 Å². The quantitative estimate of drug-likeness (QED) is 0.842. The first-order valence-corrected chi connectivity index (χ1v) is 5.30. The molecule has 1 rings (SSSR count). The third-order valence-electron chi connectivity index (χ3n) is 1.48. The zero-order valence-corrected chi connectivity index (χ0v) is 9.56. The van der Waals surface area contributed by atoms with Gasteiger partial charge in [-0.05, 0) is 18.2 Å². The highest BCUT2D eigenvalue weighted by Crippen LogP contribution is 2.21. The molecule has 0 aliphatic rings. The summed E-state index contributed by atoms with van der Waals surface area (Å²) in [4.78, 5) is 10.1. The third-order valence-corrected chi connectivity index (χ3v) is 2.88. The van der Waals surface area contributed by atoms with Gasteiger partial charge < -0.3 is 5.11 Å². The van der Waals surface area contributed by atoms with Crippen LogP contribution < -0.4 is 5.14 Å². The van der Waals surface area contributed by atoms with E-state index in [1.54, 1.807) is 0 Å². The van der Waals surface area contributed by atoms with E-state index in [9.17, 15) is 13.2 Å². The van der Waals surface area contributed by atoms with E-state index in [0.29, 0.717) is 0 Å². The Balaban J connectivity index is 0.00000196. The lowest BCUT2D eigenvalue weighted by atomic mass is 10.2. The van der Waals surface area contributed by atoms with Crippen LogP contribution in [0.5, 0.6) is 0 Å². The van der Waals surface area contributed by atoms with Crippen LogP contribution in [0.3, 0.4) is 0 Å². The van der Waals surface area contributed by atoms with Crippen LogP contribution in [0, 0.1) is 0 Å². The molecule has 0 aliphatic heterocycles. The van der Waals surface area contributed by atoms with Gasteiger partial charge in [0.2, 0.25) is 10.0 Å². The lowest BCUT2D eigenvalue weighted by molar-refractivity contribution is 0.0696. The van der Waals surface area contributed by atoms with E-state index in [4.69, 9.17) is 21.8 Å². The maximum atomic E-state index is 10.9. The van der Waals surface area contributed by atoms with Crippen molar-refractivity contribution in [2.45, 2.75) is 4.90 Å². The summed E-state index contributed by atoms with van der Waals surface area (Å²) in [6, 6.07) is 3.28. The van der Waals surface area contributed by atoms with Crippen LogP contribution in [0.25, 0.3) is 0 Å². The summed E-state index contributed by atoms with van der Waals surface area (Å²) in [5.41, 5.74) is -0.182. The second-order valence-corrected chi connectivity index (χ2v) is 4.43. The first-order chi connectivity index (χ1) is 6.32. The van der Waals surface area contributed by atoms with Crippen LogP contribution in [0.2, 0.25) is 5.02 Å². The lowest BCUT2D eigenvalue weighted by Gasteiger charge is -2.02. The van der Waals surface area contributed by atoms with Crippen molar-refractivity contribution in [2.24, 2.45) is 5.14 Å². The normalized spacial score (nSPS) is 10.5. The van der Waals surface area contributed by atoms with Crippen molar-refractivity contribution in [3.63, 3.8) is 0 Å². The summed E-state index contributed by atoms with van der Waals surface area (Å²) in [6.07, 6.45) is 0. The van der Waals surface area contributed by atoms with E-state index in [1.165, 1.54) is 12.1 Å². The molecule has 1 aromatic carbocycles. The molecule has 3 N–H and O–H groups in total. The molecule has 0 atom stereocenters. The first-order valence-electron chi connectivity index (χ1n) is 3.38. The van der Waals surface area contributed by atoms with E-state index in [0.717, 1.165) is 6.07 Å². The Morgan fingerprint density at radius 3 is 2.33 bits per heavy atom. The number of nitrogens with two attached hydrogens (primary N) is 1. The Morgan fingerprint density at radius 1 is 1.40 bits per heavy atom. The van der Waals surface area contributed by atoms with E-state index < -0.39 is 16.0 Å². The van der Waals surface area contributed by atoms with Gasteiger partial charge in [0.05, 0.1) is 10.6 Å². The van der Waals surface area contributed by atoms with E-state index in [-0.39, 0.29) is 27.9 Å². The molecule has 0 aromatic heterocycles. The highest BCUT2D eigenvalue weighted by atomic mass is 35.5. The third kappa shape index (κ3) is 3.35. The molecule has 0 aliphatic carbocycles. The number of carboxylic acid groups (broad SMARTS) is 1. The highest BCUT2D eigenvalue weighted by Gasteiger charge is 2.15. The smallest absolute Gasteiger partial charge is 0.335 e. The number of hydrogen-bond acceptors (Lipinski definition) is 3. The molecule has 0 spiro atoms. The van der Waals surface area contributed by atoms with Crippen molar-refractivity contribution in [1.82, 2.24) is 0 Å². The van der Waals surface area contributed by atoms with Gasteiger partial charge in [-0.3, -0.25) is 0 Å². The SMILES string of the molecule is Cl.NS(=O)(=O)c1cc(C(=O)O)ccc1Cl. The number of hydrogen-bond donors (Lipinski definition) is 2. The largest absolute Gasteiger partial charge is 0.478 e. The molecule has 0 heterocycles. The minimum absolute atomic E-state index is 0. The van der Waals surface area contributed by atoms with Gasteiger partial charge in [0, 0.05) is 0 Å². The average molecular weight is 272 g/mol. The molecule has 5 nitrogen and oxygen atoms in total. The predicted molar refractivity (Wildman–Crippen MR) is 57.0 cm³/mol. The topological polar surface area (TPSA) is 97.5 Å². The summed E-state index contributed by atoms with van der Waals surface area (Å²) < 4.78 is 21.9. The van der Waals surface area contributed by atoms with Gasteiger partial charge >= 0.3 is 5.97 Å². The van der Waals surface area contributed by atoms with Gasteiger partial charge in [-0.25, -0.2) is 18.4 Å². The molecular weight excluding hydrogens is 265 g/mol. The summed E-state index contributed by atoms with van der Waals surface area (Å²) in [5.74, 6) is -1.24. The molecule has 0 fully saturated rings. The maximum Gasteiger partial charge on any atom is 0.335 e. The van der Waals surface area contributed by atoms with Crippen LogP contribution in [-0.2, 0) is 10.0 Å². The summed E-state index contributed by atoms with van der Waals surface area (Å²) in [7, 11) is -3.98. The molecule has 0 bridgehead atoms. The van der Waals surface area contributed by atoms with Crippen molar-refractivity contribution in [3.8, 4) is 0 Å². The fourth-order valence-electron chi connectivity index (χ4n) is 0.854. The van der Waals surface area contributed by atoms with Crippen molar-refractivity contribution in [3.05, 3.63) is 28.8 Å². The summed E-state index contributed by atoms with van der Waals surface area (Å²) in [6.45, 7) is 0. The first kappa shape index (κ1) is 14.2. The molecular formula is C7H7Cl2NO4S. The number of rotatable bonds is 2. The number of sulfonamides is 1. The van der Waals surface area contributed by atoms with Crippen LogP contribution in [0.1, 0.15) is 10.4 Å². The Hall–Kier alpha value is -0.820. The molecule has 0 saturated heterocycles. The van der Waals surface area contributed by atoms with E-state index >= 15 is 0 Å². The molecule has 8 heteroatoms. The number of halogens is 2.